The van der Waals surface area contributed by atoms with Gasteiger partial charge in [0.15, 0.2) is 5.82 Å². The highest BCUT2D eigenvalue weighted by Gasteiger charge is 2.39. The average molecular weight is 739 g/mol. The van der Waals surface area contributed by atoms with Crippen LogP contribution in [0.5, 0.6) is 0 Å². The van der Waals surface area contributed by atoms with Gasteiger partial charge in [-0.15, -0.1) is 0 Å². The van der Waals surface area contributed by atoms with Crippen LogP contribution < -0.4 is 4.90 Å². The van der Waals surface area contributed by atoms with Gasteiger partial charge in [0.25, 0.3) is 0 Å². The molecule has 0 bridgehead atoms. The van der Waals surface area contributed by atoms with Gasteiger partial charge in [-0.1, -0.05) is 146 Å². The molecule has 9 aromatic carbocycles. The zero-order chi connectivity index (χ0) is 38.2. The van der Waals surface area contributed by atoms with E-state index in [4.69, 9.17) is 0 Å². The molecule has 10 aromatic rings. The molecule has 4 nitrogen and oxygen atoms in total. The molecule has 1 heterocycles. The highest BCUT2D eigenvalue weighted by molar-refractivity contribution is 6.12. The van der Waals surface area contributed by atoms with Crippen molar-refractivity contribution in [3.63, 3.8) is 0 Å². The topological polar surface area (TPSA) is 41.9 Å². The molecule has 1 unspecified atom stereocenters. The number of nitrogens with zero attached hydrogens (tertiary/aromatic N) is 4. The van der Waals surface area contributed by atoms with E-state index in [0.717, 1.165) is 28.0 Å². The van der Waals surface area contributed by atoms with E-state index in [9.17, 15) is 0 Å². The minimum Gasteiger partial charge on any atom is -0.310 e. The highest BCUT2D eigenvalue weighted by Crippen LogP contribution is 2.60. The highest BCUT2D eigenvalue weighted by atomic mass is 15.1. The lowest BCUT2D eigenvalue weighted by Crippen LogP contribution is -2.12. The van der Waals surface area contributed by atoms with E-state index in [1.165, 1.54) is 77.4 Å². The number of aromatic nitrogens is 3. The van der Waals surface area contributed by atoms with Crippen molar-refractivity contribution in [2.24, 2.45) is 0 Å². The summed E-state index contributed by atoms with van der Waals surface area (Å²) < 4.78 is 0. The molecule has 0 amide bonds. The minimum absolute atomic E-state index is 0.0484. The molecule has 58 heavy (non-hydrogen) atoms. The van der Waals surface area contributed by atoms with E-state index in [1.807, 2.05) is 0 Å². The van der Waals surface area contributed by atoms with Crippen molar-refractivity contribution in [1.29, 1.82) is 0 Å². The van der Waals surface area contributed by atoms with Gasteiger partial charge in [-0.2, -0.15) is 0 Å². The maximum atomic E-state index is 4.57. The molecule has 12 rings (SSSR count). The molecule has 0 N–H and O–H groups in total. The van der Waals surface area contributed by atoms with Crippen LogP contribution in [-0.4, -0.2) is 15.0 Å². The Bertz CT molecular complexity index is 3210. The summed E-state index contributed by atoms with van der Waals surface area (Å²) in [5, 5.41) is 4.92. The largest absolute Gasteiger partial charge is 0.310 e. The summed E-state index contributed by atoms with van der Waals surface area (Å²) in [4.78, 5) is 15.7. The van der Waals surface area contributed by atoms with Crippen LogP contribution in [0.1, 0.15) is 22.6 Å². The Morgan fingerprint density at radius 1 is 0.414 bits per heavy atom. The Morgan fingerprint density at radius 3 is 1.88 bits per heavy atom. The molecular weight excluding hydrogens is 705 g/mol. The smallest absolute Gasteiger partial charge is 0.163 e. The summed E-state index contributed by atoms with van der Waals surface area (Å²) in [6.45, 7) is 0. The third kappa shape index (κ3) is 4.98. The molecule has 270 valence electrons. The third-order valence-corrected chi connectivity index (χ3v) is 12.1. The molecule has 0 saturated heterocycles. The maximum Gasteiger partial charge on any atom is 0.163 e. The fourth-order valence-electron chi connectivity index (χ4n) is 9.61. The van der Waals surface area contributed by atoms with Crippen LogP contribution in [-0.2, 0) is 0 Å². The zero-order valence-corrected chi connectivity index (χ0v) is 31.4. The van der Waals surface area contributed by atoms with E-state index < -0.39 is 0 Å². The summed E-state index contributed by atoms with van der Waals surface area (Å²) in [6.07, 6.45) is 3.15. The van der Waals surface area contributed by atoms with Gasteiger partial charge >= 0.3 is 0 Å². The van der Waals surface area contributed by atoms with Crippen molar-refractivity contribution in [2.45, 2.75) is 5.92 Å². The van der Waals surface area contributed by atoms with E-state index in [1.54, 1.807) is 12.7 Å². The van der Waals surface area contributed by atoms with Crippen molar-refractivity contribution in [2.75, 3.05) is 4.90 Å². The summed E-state index contributed by atoms with van der Waals surface area (Å²) in [7, 11) is 0. The Kier molecular flexibility index (Phi) is 7.26. The summed E-state index contributed by atoms with van der Waals surface area (Å²) in [5.41, 5.74) is 18.3. The van der Waals surface area contributed by atoms with Crippen molar-refractivity contribution in [1.82, 2.24) is 15.0 Å². The molecular formula is C54H34N4. The Morgan fingerprint density at radius 2 is 1.09 bits per heavy atom. The molecule has 2 aliphatic carbocycles. The third-order valence-electron chi connectivity index (χ3n) is 12.1. The van der Waals surface area contributed by atoms with Crippen LogP contribution in [0.3, 0.4) is 0 Å². The van der Waals surface area contributed by atoms with Gasteiger partial charge in [0.05, 0.1) is 5.69 Å². The number of anilines is 3. The van der Waals surface area contributed by atoms with Crippen molar-refractivity contribution in [3.8, 4) is 55.9 Å². The lowest BCUT2D eigenvalue weighted by atomic mass is 9.75. The number of hydrogen-bond donors (Lipinski definition) is 0. The van der Waals surface area contributed by atoms with E-state index in [-0.39, 0.29) is 5.92 Å². The second kappa shape index (κ2) is 12.9. The van der Waals surface area contributed by atoms with Crippen LogP contribution >= 0.6 is 0 Å². The average Bonchev–Trinajstić information content (AvgIpc) is 3.65. The van der Waals surface area contributed by atoms with Crippen molar-refractivity contribution < 1.29 is 0 Å². The monoisotopic (exact) mass is 738 g/mol. The molecule has 1 atom stereocenters. The molecule has 1 aromatic heterocycles. The first kappa shape index (κ1) is 32.5. The number of hydrogen-bond acceptors (Lipinski definition) is 4. The van der Waals surface area contributed by atoms with Gasteiger partial charge in [-0.3, -0.25) is 0 Å². The second-order valence-corrected chi connectivity index (χ2v) is 15.2. The van der Waals surface area contributed by atoms with Crippen LogP contribution in [0.2, 0.25) is 0 Å². The summed E-state index contributed by atoms with van der Waals surface area (Å²) in [6, 6.07) is 68.9. The molecule has 0 fully saturated rings. The first-order valence-corrected chi connectivity index (χ1v) is 19.8. The quantitative estimate of drug-likeness (QED) is 0.170. The minimum atomic E-state index is 0.0484. The lowest BCUT2D eigenvalue weighted by Gasteiger charge is -2.29. The van der Waals surface area contributed by atoms with Gasteiger partial charge in [0, 0.05) is 28.4 Å². The summed E-state index contributed by atoms with van der Waals surface area (Å²) >= 11 is 0. The Balaban J connectivity index is 1.11. The van der Waals surface area contributed by atoms with Crippen LogP contribution in [0.15, 0.2) is 201 Å². The fraction of sp³-hybridized carbons (Fsp3) is 0.0185. The predicted molar refractivity (Wildman–Crippen MR) is 238 cm³/mol. The number of benzene rings is 9. The first-order chi connectivity index (χ1) is 28.8. The molecule has 0 aliphatic heterocycles. The first-order valence-electron chi connectivity index (χ1n) is 19.8. The fourth-order valence-corrected chi connectivity index (χ4v) is 9.61. The SMILES string of the molecule is c1ccc(-c2ccc(N(c3cccc(-c4ccccc4)c3)c3cccc4c3-c3ccc5cccc6c5c3C4c3cc4c(-c5ncncn5)cccc4cc3-6)cc2)cc1. The van der Waals surface area contributed by atoms with E-state index in [0.29, 0.717) is 5.82 Å². The predicted octanol–water partition coefficient (Wildman–Crippen LogP) is 13.8. The number of fused-ring (bicyclic) bond motifs is 7. The van der Waals surface area contributed by atoms with Crippen molar-refractivity contribution in [3.05, 3.63) is 217 Å². The lowest BCUT2D eigenvalue weighted by molar-refractivity contribution is 1.02. The van der Waals surface area contributed by atoms with Crippen LogP contribution in [0, 0.1) is 0 Å². The van der Waals surface area contributed by atoms with Gasteiger partial charge in [0.1, 0.15) is 12.7 Å². The molecule has 0 spiro atoms. The number of rotatable bonds is 6. The van der Waals surface area contributed by atoms with Gasteiger partial charge in [-0.05, 0) is 120 Å². The van der Waals surface area contributed by atoms with Crippen LogP contribution in [0.25, 0.3) is 77.4 Å². The van der Waals surface area contributed by atoms with Crippen LogP contribution in [0.4, 0.5) is 17.1 Å². The van der Waals surface area contributed by atoms with Gasteiger partial charge in [-0.25, -0.2) is 15.0 Å². The summed E-state index contributed by atoms with van der Waals surface area (Å²) in [5.74, 6) is 0.729. The zero-order valence-electron chi connectivity index (χ0n) is 31.4. The Labute approximate surface area is 336 Å². The van der Waals surface area contributed by atoms with E-state index >= 15 is 0 Å². The molecule has 4 heteroatoms. The van der Waals surface area contributed by atoms with Gasteiger partial charge < -0.3 is 4.90 Å². The molecule has 0 saturated carbocycles. The molecule has 2 aliphatic rings. The van der Waals surface area contributed by atoms with Gasteiger partial charge in [0.2, 0.25) is 0 Å². The standard InChI is InChI=1S/C54H34N4/c1-3-11-34(12-4-1)36-23-26-40(27-24-36)58(41-18-7-16-38(29-41)35-13-5-2-6-14-35)49-22-10-21-44-51(49)45-28-25-37-15-8-19-42-47-30-39-17-9-20-43(54-56-32-55-33-57-54)46(39)31-48(47)52(44)53(45)50(37)42/h1-33,52H. The maximum absolute atomic E-state index is 4.57. The molecule has 0 radical (unpaired) electrons. The second-order valence-electron chi connectivity index (χ2n) is 15.2. The van der Waals surface area contributed by atoms with E-state index in [2.05, 4.69) is 208 Å². The van der Waals surface area contributed by atoms with Crippen molar-refractivity contribution >= 4 is 38.6 Å². The Hall–Kier alpha value is -7.69. The normalized spacial score (nSPS) is 13.3.